The van der Waals surface area contributed by atoms with Crippen LogP contribution < -0.4 is 10.3 Å². The molecule has 1 heterocycles. The molecule has 0 fully saturated rings. The molecule has 1 N–H and O–H groups in total. The van der Waals surface area contributed by atoms with E-state index in [9.17, 15) is 4.79 Å². The van der Waals surface area contributed by atoms with Crippen molar-refractivity contribution in [2.24, 2.45) is 4.99 Å². The smallest absolute Gasteiger partial charge is 0.282 e. The maximum atomic E-state index is 12.2. The maximum Gasteiger partial charge on any atom is 0.435 e. The summed E-state index contributed by atoms with van der Waals surface area (Å²) >= 11 is 5.88. The average molecular weight is 377 g/mol. The van der Waals surface area contributed by atoms with Gasteiger partial charge in [0.2, 0.25) is 5.69 Å². The lowest BCUT2D eigenvalue weighted by atomic mass is 10.1. The Morgan fingerprint density at radius 1 is 0.926 bits per heavy atom. The van der Waals surface area contributed by atoms with E-state index < -0.39 is 5.63 Å². The van der Waals surface area contributed by atoms with Gasteiger partial charge in [0.05, 0.1) is 11.3 Å². The van der Waals surface area contributed by atoms with E-state index in [2.05, 4.69) is 10.3 Å². The molecule has 1 aromatic heterocycles. The number of nitrogens with zero attached hydrogens (tertiary/aromatic N) is 2. The lowest BCUT2D eigenvalue weighted by Gasteiger charge is -1.97. The highest BCUT2D eigenvalue weighted by Gasteiger charge is 2.24. The number of para-hydroxylation sites is 1. The molecule has 0 aliphatic carbocycles. The molecule has 0 spiro atoms. The van der Waals surface area contributed by atoms with Crippen molar-refractivity contribution in [1.29, 1.82) is 0 Å². The van der Waals surface area contributed by atoms with E-state index in [1.54, 1.807) is 10.9 Å². The highest BCUT2D eigenvalue weighted by Crippen LogP contribution is 2.19. The van der Waals surface area contributed by atoms with Gasteiger partial charge in [-0.05, 0) is 51.9 Å². The van der Waals surface area contributed by atoms with Gasteiger partial charge in [-0.15, -0.1) is 0 Å². The largest absolute Gasteiger partial charge is 0.435 e. The molecule has 6 heteroatoms. The second-order valence-corrected chi connectivity index (χ2v) is 6.29. The van der Waals surface area contributed by atoms with Gasteiger partial charge in [-0.1, -0.05) is 41.9 Å². The number of aliphatic imine (C=N–C) groups is 1. The molecule has 0 aliphatic heterocycles. The summed E-state index contributed by atoms with van der Waals surface area (Å²) in [6.45, 7) is 0. The van der Waals surface area contributed by atoms with E-state index in [0.717, 1.165) is 22.5 Å². The van der Waals surface area contributed by atoms with Crippen molar-refractivity contribution in [3.05, 3.63) is 99.9 Å². The zero-order chi connectivity index (χ0) is 18.6. The zero-order valence-electron chi connectivity index (χ0n) is 14.2. The molecular formula is C21H15ClN3O2+. The molecular weight excluding hydrogens is 362 g/mol. The van der Waals surface area contributed by atoms with Crippen molar-refractivity contribution >= 4 is 23.5 Å². The van der Waals surface area contributed by atoms with Crippen LogP contribution in [-0.4, -0.2) is 11.5 Å². The molecule has 27 heavy (non-hydrogen) atoms. The number of hydrogen-bond acceptors (Lipinski definition) is 3. The summed E-state index contributed by atoms with van der Waals surface area (Å²) in [6, 6.07) is 24.3. The monoisotopic (exact) mass is 376 g/mol. The topological polar surface area (TPSA) is 62.2 Å². The van der Waals surface area contributed by atoms with Gasteiger partial charge < -0.3 is 0 Å². The summed E-state index contributed by atoms with van der Waals surface area (Å²) in [7, 11) is 0. The van der Waals surface area contributed by atoms with Crippen LogP contribution in [0.15, 0.2) is 93.2 Å². The standard InChI is InChI=1S/C21H14ClN3O2/c22-17-10-6-15(7-11-17)14-23-18-12-8-16(9-13-18)20-21(26)27-24-25(20)19-4-2-1-3-5-19/h1-14H/p+1. The van der Waals surface area contributed by atoms with E-state index in [1.165, 1.54) is 0 Å². The minimum Gasteiger partial charge on any atom is -0.282 e. The van der Waals surface area contributed by atoms with E-state index in [0.29, 0.717) is 10.7 Å². The number of aromatic nitrogens is 2. The SMILES string of the molecule is O=c1o[nH][n+](-c2ccccc2)c1-c1ccc(N=Cc2ccc(Cl)cc2)cc1. The first-order valence-corrected chi connectivity index (χ1v) is 8.67. The van der Waals surface area contributed by atoms with Crippen molar-refractivity contribution in [1.82, 2.24) is 5.27 Å². The Bertz CT molecular complexity index is 1130. The Labute approximate surface area is 160 Å². The number of halogens is 1. The molecule has 4 rings (SSSR count). The van der Waals surface area contributed by atoms with Crippen molar-refractivity contribution in [3.8, 4) is 16.9 Å². The number of hydrogen-bond donors (Lipinski definition) is 1. The molecule has 0 saturated carbocycles. The summed E-state index contributed by atoms with van der Waals surface area (Å²) in [4.78, 5) is 16.6. The molecule has 0 unspecified atom stereocenters. The van der Waals surface area contributed by atoms with Gasteiger partial charge >= 0.3 is 11.3 Å². The molecule has 0 radical (unpaired) electrons. The van der Waals surface area contributed by atoms with Gasteiger partial charge in [0.1, 0.15) is 0 Å². The van der Waals surface area contributed by atoms with Crippen molar-refractivity contribution < 1.29 is 9.20 Å². The minimum absolute atomic E-state index is 0.425. The maximum absolute atomic E-state index is 12.2. The number of H-pyrrole nitrogens is 1. The van der Waals surface area contributed by atoms with Crippen LogP contribution in [0.2, 0.25) is 5.02 Å². The van der Waals surface area contributed by atoms with Gasteiger partial charge in [-0.3, -0.25) is 9.52 Å². The molecule has 0 amide bonds. The van der Waals surface area contributed by atoms with Crippen LogP contribution in [0.4, 0.5) is 5.69 Å². The number of aromatic amines is 1. The second kappa shape index (κ2) is 7.43. The lowest BCUT2D eigenvalue weighted by molar-refractivity contribution is -0.660. The Kier molecular flexibility index (Phi) is 4.68. The van der Waals surface area contributed by atoms with Crippen LogP contribution in [-0.2, 0) is 0 Å². The van der Waals surface area contributed by atoms with Gasteiger partial charge in [-0.25, -0.2) is 4.79 Å². The average Bonchev–Trinajstić information content (AvgIpc) is 3.10. The molecule has 0 atom stereocenters. The summed E-state index contributed by atoms with van der Waals surface area (Å²) in [5, 5.41) is 3.33. The summed E-state index contributed by atoms with van der Waals surface area (Å²) in [5.74, 6) is 0. The summed E-state index contributed by atoms with van der Waals surface area (Å²) in [6.07, 6.45) is 1.76. The Morgan fingerprint density at radius 2 is 1.63 bits per heavy atom. The second-order valence-electron chi connectivity index (χ2n) is 5.86. The van der Waals surface area contributed by atoms with Crippen molar-refractivity contribution in [2.75, 3.05) is 0 Å². The van der Waals surface area contributed by atoms with Gasteiger partial charge in [0, 0.05) is 23.4 Å². The van der Waals surface area contributed by atoms with Gasteiger partial charge in [0.15, 0.2) is 0 Å². The van der Waals surface area contributed by atoms with Crippen LogP contribution in [0.25, 0.3) is 16.9 Å². The number of benzene rings is 3. The first-order chi connectivity index (χ1) is 13.2. The fourth-order valence-corrected chi connectivity index (χ4v) is 2.81. The van der Waals surface area contributed by atoms with E-state index in [4.69, 9.17) is 16.1 Å². The third kappa shape index (κ3) is 3.73. The minimum atomic E-state index is -0.434. The normalized spacial score (nSPS) is 11.1. The number of nitrogens with one attached hydrogen (secondary N) is 1. The molecule has 5 nitrogen and oxygen atoms in total. The van der Waals surface area contributed by atoms with Crippen LogP contribution >= 0.6 is 11.6 Å². The van der Waals surface area contributed by atoms with Crippen LogP contribution in [0, 0.1) is 0 Å². The number of rotatable bonds is 4. The van der Waals surface area contributed by atoms with Crippen LogP contribution in [0.3, 0.4) is 0 Å². The van der Waals surface area contributed by atoms with Crippen molar-refractivity contribution in [2.45, 2.75) is 0 Å². The Balaban J connectivity index is 1.63. The predicted molar refractivity (Wildman–Crippen MR) is 105 cm³/mol. The van der Waals surface area contributed by atoms with Crippen LogP contribution in [0.5, 0.6) is 0 Å². The van der Waals surface area contributed by atoms with E-state index in [1.807, 2.05) is 78.9 Å². The van der Waals surface area contributed by atoms with Crippen molar-refractivity contribution in [3.63, 3.8) is 0 Å². The first-order valence-electron chi connectivity index (χ1n) is 8.30. The Morgan fingerprint density at radius 3 is 2.33 bits per heavy atom. The highest BCUT2D eigenvalue weighted by molar-refractivity contribution is 6.30. The summed E-state index contributed by atoms with van der Waals surface area (Å²) in [5.41, 5.74) is 3.27. The first kappa shape index (κ1) is 17.0. The lowest BCUT2D eigenvalue weighted by Crippen LogP contribution is -2.35. The molecule has 4 aromatic rings. The van der Waals surface area contributed by atoms with Crippen LogP contribution in [0.1, 0.15) is 5.56 Å². The van der Waals surface area contributed by atoms with E-state index >= 15 is 0 Å². The quantitative estimate of drug-likeness (QED) is 0.426. The third-order valence-corrected chi connectivity index (χ3v) is 4.29. The predicted octanol–water partition coefficient (Wildman–Crippen LogP) is 4.32. The molecule has 3 aromatic carbocycles. The fourth-order valence-electron chi connectivity index (χ4n) is 2.68. The van der Waals surface area contributed by atoms with Gasteiger partial charge in [0.25, 0.3) is 0 Å². The van der Waals surface area contributed by atoms with Gasteiger partial charge in [-0.2, -0.15) is 0 Å². The fraction of sp³-hybridized carbons (Fsp3) is 0. The Hall–Kier alpha value is -3.44. The summed E-state index contributed by atoms with van der Waals surface area (Å²) < 4.78 is 6.61. The molecule has 0 saturated heterocycles. The molecule has 132 valence electrons. The molecule has 0 bridgehead atoms. The zero-order valence-corrected chi connectivity index (χ0v) is 14.9. The molecule has 0 aliphatic rings. The highest BCUT2D eigenvalue weighted by atomic mass is 35.5. The third-order valence-electron chi connectivity index (χ3n) is 4.03. The van der Waals surface area contributed by atoms with E-state index in [-0.39, 0.29) is 0 Å².